The summed E-state index contributed by atoms with van der Waals surface area (Å²) in [6.07, 6.45) is 1.09. The number of ether oxygens (including phenoxy) is 2. The second-order valence-electron chi connectivity index (χ2n) is 5.01. The van der Waals surface area contributed by atoms with Crippen molar-refractivity contribution < 1.29 is 14.6 Å². The molecule has 1 aliphatic heterocycles. The fraction of sp³-hybridized carbons (Fsp3) is 0.571. The van der Waals surface area contributed by atoms with Crippen LogP contribution in [0.15, 0.2) is 22.7 Å². The van der Waals surface area contributed by atoms with E-state index in [9.17, 15) is 5.11 Å². The van der Waals surface area contributed by atoms with Crippen LogP contribution in [0.3, 0.4) is 0 Å². The van der Waals surface area contributed by atoms with Crippen molar-refractivity contribution in [3.63, 3.8) is 0 Å². The number of aliphatic hydroxyl groups excluding tert-OH is 1. The number of halogens is 1. The molecule has 1 aliphatic rings. The fourth-order valence-corrected chi connectivity index (χ4v) is 2.99. The van der Waals surface area contributed by atoms with Gasteiger partial charge in [-0.05, 0) is 31.0 Å². The number of methoxy groups -OCH3 is 1. The first-order valence-electron chi connectivity index (χ1n) is 6.42. The average Bonchev–Trinajstić information content (AvgIpc) is 2.47. The Kier molecular flexibility index (Phi) is 4.84. The number of hydrogen-bond donors (Lipinski definition) is 2. The van der Waals surface area contributed by atoms with Crippen LogP contribution in [0.25, 0.3) is 0 Å². The Balaban J connectivity index is 2.36. The average molecular weight is 330 g/mol. The monoisotopic (exact) mass is 329 g/mol. The van der Waals surface area contributed by atoms with Crippen molar-refractivity contribution in [1.82, 2.24) is 0 Å². The van der Waals surface area contributed by atoms with Gasteiger partial charge in [0, 0.05) is 28.6 Å². The third kappa shape index (κ3) is 2.94. The topological polar surface area (TPSA) is 64.7 Å². The Labute approximate surface area is 122 Å². The molecule has 0 aromatic heterocycles. The van der Waals surface area contributed by atoms with Crippen LogP contribution in [0.5, 0.6) is 5.75 Å². The molecule has 0 radical (unpaired) electrons. The molecule has 0 saturated carbocycles. The van der Waals surface area contributed by atoms with Crippen molar-refractivity contribution >= 4 is 15.9 Å². The van der Waals surface area contributed by atoms with Crippen molar-refractivity contribution in [2.75, 3.05) is 26.9 Å². The van der Waals surface area contributed by atoms with E-state index in [4.69, 9.17) is 15.2 Å². The molecule has 1 aromatic carbocycles. The maximum absolute atomic E-state index is 10.8. The summed E-state index contributed by atoms with van der Waals surface area (Å²) in [5, 5.41) is 10.8. The lowest BCUT2D eigenvalue weighted by Gasteiger charge is -2.40. The van der Waals surface area contributed by atoms with Gasteiger partial charge in [-0.3, -0.25) is 0 Å². The maximum atomic E-state index is 10.8. The van der Waals surface area contributed by atoms with Crippen LogP contribution >= 0.6 is 15.9 Å². The van der Waals surface area contributed by atoms with Gasteiger partial charge in [-0.15, -0.1) is 0 Å². The molecule has 106 valence electrons. The van der Waals surface area contributed by atoms with Crippen molar-refractivity contribution in [2.24, 2.45) is 11.1 Å². The fourth-order valence-electron chi connectivity index (χ4n) is 2.61. The number of benzene rings is 1. The Morgan fingerprint density at radius 2 is 2.37 bits per heavy atom. The summed E-state index contributed by atoms with van der Waals surface area (Å²) in [7, 11) is 1.60. The molecular weight excluding hydrogens is 310 g/mol. The molecule has 1 aromatic rings. The second kappa shape index (κ2) is 6.22. The molecule has 19 heavy (non-hydrogen) atoms. The summed E-state index contributed by atoms with van der Waals surface area (Å²) in [6.45, 7) is 1.62. The summed E-state index contributed by atoms with van der Waals surface area (Å²) in [5.41, 5.74) is 6.25. The molecule has 2 unspecified atom stereocenters. The van der Waals surface area contributed by atoms with Crippen LogP contribution in [0.4, 0.5) is 0 Å². The van der Waals surface area contributed by atoms with Crippen LogP contribution in [-0.2, 0) is 4.74 Å². The van der Waals surface area contributed by atoms with Crippen LogP contribution in [0.2, 0.25) is 0 Å². The molecule has 1 heterocycles. The summed E-state index contributed by atoms with van der Waals surface area (Å²) in [5.74, 6) is 0.675. The number of rotatable bonds is 4. The molecule has 2 atom stereocenters. The first-order chi connectivity index (χ1) is 9.13. The lowest BCUT2D eigenvalue weighted by molar-refractivity contribution is -0.0787. The first kappa shape index (κ1) is 14.8. The van der Waals surface area contributed by atoms with E-state index in [1.165, 1.54) is 0 Å². The third-order valence-corrected chi connectivity index (χ3v) is 4.32. The molecule has 2 rings (SSSR count). The predicted molar refractivity (Wildman–Crippen MR) is 77.2 cm³/mol. The molecule has 5 heteroatoms. The number of hydrogen-bond acceptors (Lipinski definition) is 4. The van der Waals surface area contributed by atoms with Gasteiger partial charge in [0.25, 0.3) is 0 Å². The van der Waals surface area contributed by atoms with Gasteiger partial charge in [-0.1, -0.05) is 15.9 Å². The smallest absolute Gasteiger partial charge is 0.124 e. The summed E-state index contributed by atoms with van der Waals surface area (Å²) < 4.78 is 11.8. The van der Waals surface area contributed by atoms with E-state index in [0.717, 1.165) is 29.5 Å². The summed E-state index contributed by atoms with van der Waals surface area (Å²) >= 11 is 3.43. The van der Waals surface area contributed by atoms with Gasteiger partial charge in [0.1, 0.15) is 5.75 Å². The minimum atomic E-state index is -0.690. The summed E-state index contributed by atoms with van der Waals surface area (Å²) in [4.78, 5) is 0. The van der Waals surface area contributed by atoms with E-state index in [1.54, 1.807) is 7.11 Å². The number of aliphatic hydroxyl groups is 1. The zero-order valence-electron chi connectivity index (χ0n) is 11.1. The molecule has 3 N–H and O–H groups in total. The molecule has 0 amide bonds. The molecule has 0 aliphatic carbocycles. The standard InChI is InChI=1S/C14H20BrNO3/c1-18-12-4-3-10(15)7-11(12)13(17)14(8-16)5-2-6-19-9-14/h3-4,7,13,17H,2,5-6,8-9,16H2,1H3. The maximum Gasteiger partial charge on any atom is 0.124 e. The van der Waals surface area contributed by atoms with E-state index < -0.39 is 11.5 Å². The van der Waals surface area contributed by atoms with Gasteiger partial charge in [0.15, 0.2) is 0 Å². The predicted octanol–water partition coefficient (Wildman–Crippen LogP) is 2.25. The third-order valence-electron chi connectivity index (χ3n) is 3.83. The largest absolute Gasteiger partial charge is 0.496 e. The van der Waals surface area contributed by atoms with E-state index >= 15 is 0 Å². The molecular formula is C14H20BrNO3. The molecule has 0 spiro atoms. The number of nitrogens with two attached hydrogens (primary N) is 1. The molecule has 0 bridgehead atoms. The highest BCUT2D eigenvalue weighted by molar-refractivity contribution is 9.10. The highest BCUT2D eigenvalue weighted by atomic mass is 79.9. The minimum Gasteiger partial charge on any atom is -0.496 e. The lowest BCUT2D eigenvalue weighted by Crippen LogP contribution is -2.43. The quantitative estimate of drug-likeness (QED) is 0.889. The SMILES string of the molecule is COc1ccc(Br)cc1C(O)C1(CN)CCCOC1. The van der Waals surface area contributed by atoms with E-state index in [0.29, 0.717) is 18.9 Å². The highest BCUT2D eigenvalue weighted by Gasteiger charge is 2.40. The van der Waals surface area contributed by atoms with Crippen molar-refractivity contribution in [2.45, 2.75) is 18.9 Å². The Hall–Kier alpha value is -0.620. The first-order valence-corrected chi connectivity index (χ1v) is 7.21. The van der Waals surface area contributed by atoms with Gasteiger partial charge in [-0.25, -0.2) is 0 Å². The molecule has 1 saturated heterocycles. The van der Waals surface area contributed by atoms with Gasteiger partial charge < -0.3 is 20.3 Å². The Morgan fingerprint density at radius 3 is 2.95 bits per heavy atom. The summed E-state index contributed by atoms with van der Waals surface area (Å²) in [6, 6.07) is 5.62. The Morgan fingerprint density at radius 1 is 1.58 bits per heavy atom. The van der Waals surface area contributed by atoms with Crippen LogP contribution in [0.1, 0.15) is 24.5 Å². The van der Waals surface area contributed by atoms with Gasteiger partial charge in [0.05, 0.1) is 19.8 Å². The van der Waals surface area contributed by atoms with Gasteiger partial charge in [0.2, 0.25) is 0 Å². The van der Waals surface area contributed by atoms with E-state index in [2.05, 4.69) is 15.9 Å². The van der Waals surface area contributed by atoms with Crippen LogP contribution in [0, 0.1) is 5.41 Å². The van der Waals surface area contributed by atoms with Gasteiger partial charge in [-0.2, -0.15) is 0 Å². The van der Waals surface area contributed by atoms with Crippen LogP contribution in [-0.4, -0.2) is 32.0 Å². The van der Waals surface area contributed by atoms with E-state index in [1.807, 2.05) is 18.2 Å². The zero-order valence-corrected chi connectivity index (χ0v) is 12.6. The molecule has 1 fully saturated rings. The highest BCUT2D eigenvalue weighted by Crippen LogP contribution is 2.43. The molecule has 4 nitrogen and oxygen atoms in total. The minimum absolute atomic E-state index is 0.393. The second-order valence-corrected chi connectivity index (χ2v) is 5.93. The normalized spacial score (nSPS) is 25.1. The van der Waals surface area contributed by atoms with Crippen molar-refractivity contribution in [3.05, 3.63) is 28.2 Å². The van der Waals surface area contributed by atoms with E-state index in [-0.39, 0.29) is 0 Å². The van der Waals surface area contributed by atoms with Crippen molar-refractivity contribution in [3.8, 4) is 5.75 Å². The van der Waals surface area contributed by atoms with Gasteiger partial charge >= 0.3 is 0 Å². The lowest BCUT2D eigenvalue weighted by atomic mass is 9.74. The zero-order chi connectivity index (χ0) is 13.9. The van der Waals surface area contributed by atoms with Crippen LogP contribution < -0.4 is 10.5 Å². The van der Waals surface area contributed by atoms with Crippen molar-refractivity contribution in [1.29, 1.82) is 0 Å². The Bertz CT molecular complexity index is 433.